The maximum Gasteiger partial charge on any atom is 0.339 e. The van der Waals surface area contributed by atoms with Crippen molar-refractivity contribution >= 4 is 5.97 Å². The summed E-state index contributed by atoms with van der Waals surface area (Å²) in [5.74, 6) is 0.383. The maximum absolute atomic E-state index is 11.3. The molecule has 1 saturated heterocycles. The molecule has 0 aromatic carbocycles. The molecule has 0 bridgehead atoms. The molecule has 1 N–H and O–H groups in total. The Balaban J connectivity index is 1.84. The van der Waals surface area contributed by atoms with Gasteiger partial charge in [-0.25, -0.2) is 4.79 Å². The first-order valence-corrected chi connectivity index (χ1v) is 7.11. The van der Waals surface area contributed by atoms with Gasteiger partial charge in [0, 0.05) is 19.3 Å². The highest BCUT2D eigenvalue weighted by atomic mass is 16.5. The molecule has 1 aliphatic heterocycles. The predicted octanol–water partition coefficient (Wildman–Crippen LogP) is 1.30. The number of nitrogens with one attached hydrogen (secondary N) is 1. The van der Waals surface area contributed by atoms with E-state index in [9.17, 15) is 4.79 Å². The van der Waals surface area contributed by atoms with Crippen molar-refractivity contribution in [1.82, 2.24) is 15.2 Å². The number of carbonyl (C=O) groups is 1. The van der Waals surface area contributed by atoms with Crippen LogP contribution in [0.15, 0.2) is 18.3 Å². The number of hydrogen-bond donors (Lipinski definition) is 1. The molecule has 110 valence electrons. The Hall–Kier alpha value is -1.46. The summed E-state index contributed by atoms with van der Waals surface area (Å²) in [6.45, 7) is 4.14. The number of pyridine rings is 1. The van der Waals surface area contributed by atoms with Crippen LogP contribution in [-0.2, 0) is 11.3 Å². The van der Waals surface area contributed by atoms with E-state index in [-0.39, 0.29) is 5.97 Å². The van der Waals surface area contributed by atoms with Gasteiger partial charge in [0.25, 0.3) is 0 Å². The first-order valence-electron chi connectivity index (χ1n) is 7.11. The summed E-state index contributed by atoms with van der Waals surface area (Å²) in [5.41, 5.74) is 1.47. The van der Waals surface area contributed by atoms with Gasteiger partial charge in [-0.15, -0.1) is 0 Å². The first-order chi connectivity index (χ1) is 9.69. The lowest BCUT2D eigenvalue weighted by molar-refractivity contribution is 0.0600. The Labute approximate surface area is 120 Å². The molecule has 2 rings (SSSR count). The molecule has 0 aliphatic carbocycles. The van der Waals surface area contributed by atoms with Gasteiger partial charge in [-0.05, 0) is 51.0 Å². The standard InChI is InChI=1S/C15H23N3O2/c1-18(10-12-4-3-7-16-8-12)11-14-6-5-13(9-17-14)15(19)20-2/h5-6,9,12,16H,3-4,7-8,10-11H2,1-2H3. The van der Waals surface area contributed by atoms with Crippen LogP contribution < -0.4 is 5.32 Å². The van der Waals surface area contributed by atoms with E-state index >= 15 is 0 Å². The van der Waals surface area contributed by atoms with Gasteiger partial charge in [0.2, 0.25) is 0 Å². The molecule has 0 amide bonds. The molecular weight excluding hydrogens is 254 g/mol. The van der Waals surface area contributed by atoms with E-state index in [4.69, 9.17) is 0 Å². The van der Waals surface area contributed by atoms with E-state index in [1.54, 1.807) is 12.3 Å². The van der Waals surface area contributed by atoms with Crippen LogP contribution >= 0.6 is 0 Å². The highest BCUT2D eigenvalue weighted by molar-refractivity contribution is 5.88. The summed E-state index contributed by atoms with van der Waals surface area (Å²) in [6.07, 6.45) is 4.15. The Morgan fingerprint density at radius 2 is 2.40 bits per heavy atom. The van der Waals surface area contributed by atoms with Crippen molar-refractivity contribution in [3.05, 3.63) is 29.6 Å². The van der Waals surface area contributed by atoms with Gasteiger partial charge in [-0.2, -0.15) is 0 Å². The second kappa shape index (κ2) is 7.36. The number of piperidine rings is 1. The third kappa shape index (κ3) is 4.28. The van der Waals surface area contributed by atoms with Gasteiger partial charge in [0.05, 0.1) is 18.4 Å². The fraction of sp³-hybridized carbons (Fsp3) is 0.600. The van der Waals surface area contributed by atoms with Gasteiger partial charge >= 0.3 is 5.97 Å². The molecule has 20 heavy (non-hydrogen) atoms. The van der Waals surface area contributed by atoms with Crippen molar-refractivity contribution in [1.29, 1.82) is 0 Å². The van der Waals surface area contributed by atoms with Crippen molar-refractivity contribution in [3.8, 4) is 0 Å². The Kier molecular flexibility index (Phi) is 5.49. The predicted molar refractivity (Wildman–Crippen MR) is 77.5 cm³/mol. The normalized spacial score (nSPS) is 19.1. The van der Waals surface area contributed by atoms with Crippen LogP contribution in [0, 0.1) is 5.92 Å². The quantitative estimate of drug-likeness (QED) is 0.822. The molecule has 5 heteroatoms. The molecule has 1 unspecified atom stereocenters. The Bertz CT molecular complexity index is 427. The van der Waals surface area contributed by atoms with Crippen LogP contribution in [0.2, 0.25) is 0 Å². The average molecular weight is 277 g/mol. The zero-order valence-electron chi connectivity index (χ0n) is 12.3. The summed E-state index contributed by atoms with van der Waals surface area (Å²) in [4.78, 5) is 17.9. The van der Waals surface area contributed by atoms with Crippen LogP contribution in [-0.4, -0.2) is 49.6 Å². The third-order valence-electron chi connectivity index (χ3n) is 3.65. The van der Waals surface area contributed by atoms with Crippen LogP contribution in [0.25, 0.3) is 0 Å². The zero-order chi connectivity index (χ0) is 14.4. The summed E-state index contributed by atoms with van der Waals surface area (Å²) in [6, 6.07) is 3.66. The maximum atomic E-state index is 11.3. The molecule has 0 radical (unpaired) electrons. The van der Waals surface area contributed by atoms with Crippen LogP contribution in [0.3, 0.4) is 0 Å². The zero-order valence-corrected chi connectivity index (χ0v) is 12.3. The highest BCUT2D eigenvalue weighted by Gasteiger charge is 2.15. The third-order valence-corrected chi connectivity index (χ3v) is 3.65. The highest BCUT2D eigenvalue weighted by Crippen LogP contribution is 2.12. The summed E-state index contributed by atoms with van der Waals surface area (Å²) in [7, 11) is 3.49. The molecule has 1 aliphatic rings. The lowest BCUT2D eigenvalue weighted by Crippen LogP contribution is -2.36. The molecular formula is C15H23N3O2. The number of hydrogen-bond acceptors (Lipinski definition) is 5. The second-order valence-corrected chi connectivity index (χ2v) is 5.44. The van der Waals surface area contributed by atoms with Gasteiger partial charge in [-0.3, -0.25) is 4.98 Å². The molecule has 0 spiro atoms. The minimum Gasteiger partial charge on any atom is -0.465 e. The van der Waals surface area contributed by atoms with Gasteiger partial charge < -0.3 is 15.0 Å². The monoisotopic (exact) mass is 277 g/mol. The number of methoxy groups -OCH3 is 1. The largest absolute Gasteiger partial charge is 0.465 e. The topological polar surface area (TPSA) is 54.5 Å². The van der Waals surface area contributed by atoms with E-state index in [2.05, 4.69) is 27.0 Å². The molecule has 1 aromatic heterocycles. The number of aromatic nitrogens is 1. The van der Waals surface area contributed by atoms with E-state index in [1.807, 2.05) is 6.07 Å². The van der Waals surface area contributed by atoms with E-state index < -0.39 is 0 Å². The number of nitrogens with zero attached hydrogens (tertiary/aromatic N) is 2. The minimum atomic E-state index is -0.342. The van der Waals surface area contributed by atoms with Crippen molar-refractivity contribution in [2.45, 2.75) is 19.4 Å². The van der Waals surface area contributed by atoms with Gasteiger partial charge in [0.1, 0.15) is 0 Å². The average Bonchev–Trinajstić information content (AvgIpc) is 2.48. The lowest BCUT2D eigenvalue weighted by atomic mass is 9.99. The summed E-state index contributed by atoms with van der Waals surface area (Å²) < 4.78 is 4.66. The van der Waals surface area contributed by atoms with Crippen molar-refractivity contribution < 1.29 is 9.53 Å². The SMILES string of the molecule is COC(=O)c1ccc(CN(C)CC2CCCNC2)nc1. The summed E-state index contributed by atoms with van der Waals surface area (Å²) in [5, 5.41) is 3.44. The summed E-state index contributed by atoms with van der Waals surface area (Å²) >= 11 is 0. The molecule has 1 aromatic rings. The smallest absolute Gasteiger partial charge is 0.339 e. The number of ether oxygens (including phenoxy) is 1. The van der Waals surface area contributed by atoms with E-state index in [0.717, 1.165) is 37.8 Å². The van der Waals surface area contributed by atoms with Crippen molar-refractivity contribution in [3.63, 3.8) is 0 Å². The van der Waals surface area contributed by atoms with Crippen LogP contribution in [0.5, 0.6) is 0 Å². The second-order valence-electron chi connectivity index (χ2n) is 5.44. The number of rotatable bonds is 5. The van der Waals surface area contributed by atoms with Crippen LogP contribution in [0.4, 0.5) is 0 Å². The first kappa shape index (κ1) is 14.9. The minimum absolute atomic E-state index is 0.342. The Morgan fingerprint density at radius 3 is 3.00 bits per heavy atom. The van der Waals surface area contributed by atoms with Gasteiger partial charge in [0.15, 0.2) is 0 Å². The number of esters is 1. The van der Waals surface area contributed by atoms with Crippen molar-refractivity contribution in [2.24, 2.45) is 5.92 Å². The molecule has 1 fully saturated rings. The number of carbonyl (C=O) groups excluding carboxylic acids is 1. The molecule has 0 saturated carbocycles. The van der Waals surface area contributed by atoms with E-state index in [1.165, 1.54) is 20.0 Å². The van der Waals surface area contributed by atoms with Crippen molar-refractivity contribution in [2.75, 3.05) is 33.8 Å². The lowest BCUT2D eigenvalue weighted by Gasteiger charge is -2.27. The molecule has 5 nitrogen and oxygen atoms in total. The van der Waals surface area contributed by atoms with Crippen LogP contribution in [0.1, 0.15) is 28.9 Å². The fourth-order valence-corrected chi connectivity index (χ4v) is 2.62. The fourth-order valence-electron chi connectivity index (χ4n) is 2.62. The van der Waals surface area contributed by atoms with Gasteiger partial charge in [-0.1, -0.05) is 0 Å². The Morgan fingerprint density at radius 1 is 1.55 bits per heavy atom. The molecule has 1 atom stereocenters. The molecule has 2 heterocycles. The van der Waals surface area contributed by atoms with E-state index in [0.29, 0.717) is 5.56 Å².